The lowest BCUT2D eigenvalue weighted by Crippen LogP contribution is -2.44. The first kappa shape index (κ1) is 19.5. The molecule has 2 aliphatic carbocycles. The zero-order chi connectivity index (χ0) is 18.0. The fourth-order valence-corrected chi connectivity index (χ4v) is 9.69. The summed E-state index contributed by atoms with van der Waals surface area (Å²) < 4.78 is 10.2. The number of ether oxygens (including phenoxy) is 2. The van der Waals surface area contributed by atoms with Crippen LogP contribution in [0.2, 0.25) is 24.2 Å². The molecule has 3 atom stereocenters. The molecule has 0 aromatic heterocycles. The van der Waals surface area contributed by atoms with Crippen molar-refractivity contribution in [2.75, 3.05) is 14.2 Å². The maximum atomic E-state index is 12.7. The van der Waals surface area contributed by atoms with Crippen LogP contribution in [-0.4, -0.2) is 34.2 Å². The number of carbonyl (C=O) groups is 2. The Hall–Kier alpha value is -0.843. The Kier molecular flexibility index (Phi) is 6.16. The Morgan fingerprint density at radius 1 is 1.00 bits per heavy atom. The second kappa shape index (κ2) is 7.59. The van der Waals surface area contributed by atoms with Gasteiger partial charge in [-0.15, -0.1) is 0 Å². The van der Waals surface area contributed by atoms with E-state index < -0.39 is 13.5 Å². The van der Waals surface area contributed by atoms with Gasteiger partial charge in [-0.05, 0) is 37.0 Å². The van der Waals surface area contributed by atoms with Crippen LogP contribution < -0.4 is 0 Å². The molecule has 2 fully saturated rings. The molecular formula is C19H34O4Si. The summed E-state index contributed by atoms with van der Waals surface area (Å²) in [5, 5.41) is 0. The normalized spacial score (nSPS) is 28.5. The lowest BCUT2D eigenvalue weighted by Gasteiger charge is -2.33. The smallest absolute Gasteiger partial charge is 0.323 e. The highest BCUT2D eigenvalue weighted by Crippen LogP contribution is 2.60. The standard InChI is InChI=1S/C19H34O4Si/c1-6-24(7-2,8-3)13-14-12-19(17(20)22-4,18(21)23-5)16-11-9-10-15(14)16/h14-16H,6-13H2,1-5H3/t14-,15-,16-/m1/s1. The minimum atomic E-state index is -1.30. The van der Waals surface area contributed by atoms with Crippen LogP contribution in [0.4, 0.5) is 0 Å². The Bertz CT molecular complexity index is 448. The maximum Gasteiger partial charge on any atom is 0.323 e. The van der Waals surface area contributed by atoms with Crippen LogP contribution in [0.5, 0.6) is 0 Å². The summed E-state index contributed by atoms with van der Waals surface area (Å²) >= 11 is 0. The van der Waals surface area contributed by atoms with Crippen LogP contribution in [0.25, 0.3) is 0 Å². The van der Waals surface area contributed by atoms with Gasteiger partial charge in [-0.1, -0.05) is 51.4 Å². The summed E-state index contributed by atoms with van der Waals surface area (Å²) in [6.45, 7) is 6.98. The molecule has 2 rings (SSSR count). The van der Waals surface area contributed by atoms with Crippen molar-refractivity contribution in [3.8, 4) is 0 Å². The molecule has 0 amide bonds. The molecule has 0 aromatic rings. The van der Waals surface area contributed by atoms with Gasteiger partial charge in [0.05, 0.1) is 22.3 Å². The van der Waals surface area contributed by atoms with Gasteiger partial charge >= 0.3 is 11.9 Å². The van der Waals surface area contributed by atoms with E-state index in [4.69, 9.17) is 9.47 Å². The van der Waals surface area contributed by atoms with E-state index in [-0.39, 0.29) is 17.9 Å². The van der Waals surface area contributed by atoms with Gasteiger partial charge in [0.1, 0.15) is 0 Å². The molecule has 0 N–H and O–H groups in total. The van der Waals surface area contributed by atoms with E-state index in [2.05, 4.69) is 20.8 Å². The fraction of sp³-hybridized carbons (Fsp3) is 0.895. The Morgan fingerprint density at radius 3 is 2.00 bits per heavy atom. The Balaban J connectivity index is 2.37. The molecule has 0 aliphatic heterocycles. The first-order chi connectivity index (χ1) is 11.4. The van der Waals surface area contributed by atoms with Gasteiger partial charge in [-0.3, -0.25) is 9.59 Å². The molecular weight excluding hydrogens is 320 g/mol. The van der Waals surface area contributed by atoms with Crippen LogP contribution >= 0.6 is 0 Å². The van der Waals surface area contributed by atoms with Gasteiger partial charge in [0.25, 0.3) is 0 Å². The van der Waals surface area contributed by atoms with E-state index in [1.165, 1.54) is 38.4 Å². The number of esters is 2. The molecule has 2 saturated carbocycles. The SMILES string of the molecule is CC[Si](CC)(CC)C[C@H]1CC(C(=O)OC)(C(=O)OC)[C@@H]2CCC[C@H]12. The Morgan fingerprint density at radius 2 is 1.54 bits per heavy atom. The van der Waals surface area contributed by atoms with Gasteiger partial charge < -0.3 is 9.47 Å². The zero-order valence-corrected chi connectivity index (χ0v) is 17.0. The third-order valence-electron chi connectivity index (χ3n) is 7.44. The minimum absolute atomic E-state index is 0.111. The summed E-state index contributed by atoms with van der Waals surface area (Å²) in [5.41, 5.74) is -1.05. The van der Waals surface area contributed by atoms with Gasteiger partial charge in [0.2, 0.25) is 0 Å². The monoisotopic (exact) mass is 354 g/mol. The van der Waals surface area contributed by atoms with Crippen molar-refractivity contribution >= 4 is 20.0 Å². The van der Waals surface area contributed by atoms with E-state index in [0.717, 1.165) is 19.3 Å². The average molecular weight is 355 g/mol. The molecule has 2 aliphatic rings. The van der Waals surface area contributed by atoms with Gasteiger partial charge in [-0.25, -0.2) is 0 Å². The third kappa shape index (κ3) is 2.93. The summed E-state index contributed by atoms with van der Waals surface area (Å²) in [6, 6.07) is 5.11. The topological polar surface area (TPSA) is 52.6 Å². The molecule has 4 nitrogen and oxygen atoms in total. The fourth-order valence-electron chi connectivity index (χ4n) is 5.76. The first-order valence-corrected chi connectivity index (χ1v) is 12.4. The third-order valence-corrected chi connectivity index (χ3v) is 13.3. The first-order valence-electron chi connectivity index (χ1n) is 9.61. The average Bonchev–Trinajstić information content (AvgIpc) is 3.21. The minimum Gasteiger partial charge on any atom is -0.468 e. The van der Waals surface area contributed by atoms with Crippen LogP contribution in [0.15, 0.2) is 0 Å². The zero-order valence-electron chi connectivity index (χ0n) is 16.0. The lowest BCUT2D eigenvalue weighted by molar-refractivity contribution is -0.172. The highest BCUT2D eigenvalue weighted by molar-refractivity contribution is 6.79. The number of carbonyl (C=O) groups excluding carboxylic acids is 2. The van der Waals surface area contributed by atoms with Gasteiger partial charge in [0, 0.05) is 0 Å². The van der Waals surface area contributed by atoms with E-state index in [1.807, 2.05) is 0 Å². The molecule has 0 unspecified atom stereocenters. The van der Waals surface area contributed by atoms with Crippen LogP contribution in [0.1, 0.15) is 46.5 Å². The molecule has 0 bridgehead atoms. The molecule has 0 heterocycles. The molecule has 0 spiro atoms. The number of hydrogen-bond acceptors (Lipinski definition) is 4. The molecule has 0 aromatic carbocycles. The van der Waals surface area contributed by atoms with Crippen molar-refractivity contribution in [2.24, 2.45) is 23.2 Å². The largest absolute Gasteiger partial charge is 0.468 e. The highest BCUT2D eigenvalue weighted by atomic mass is 28.3. The highest BCUT2D eigenvalue weighted by Gasteiger charge is 2.65. The molecule has 0 radical (unpaired) electrons. The maximum absolute atomic E-state index is 12.7. The number of fused-ring (bicyclic) bond motifs is 1. The van der Waals surface area contributed by atoms with E-state index in [1.54, 1.807) is 0 Å². The number of rotatable bonds is 7. The van der Waals surface area contributed by atoms with Crippen molar-refractivity contribution in [1.82, 2.24) is 0 Å². The van der Waals surface area contributed by atoms with Crippen molar-refractivity contribution in [2.45, 2.75) is 70.6 Å². The summed E-state index contributed by atoms with van der Waals surface area (Å²) in [6.07, 6.45) is 3.84. The van der Waals surface area contributed by atoms with Gasteiger partial charge in [0.15, 0.2) is 5.41 Å². The van der Waals surface area contributed by atoms with E-state index in [0.29, 0.717) is 18.3 Å². The molecule has 138 valence electrons. The van der Waals surface area contributed by atoms with Crippen LogP contribution in [0, 0.1) is 23.2 Å². The van der Waals surface area contributed by atoms with Crippen LogP contribution in [0.3, 0.4) is 0 Å². The molecule has 0 saturated heterocycles. The van der Waals surface area contributed by atoms with Gasteiger partial charge in [-0.2, -0.15) is 0 Å². The Labute approximate surface area is 147 Å². The van der Waals surface area contributed by atoms with Crippen LogP contribution in [-0.2, 0) is 19.1 Å². The number of methoxy groups -OCH3 is 2. The second-order valence-corrected chi connectivity index (χ2v) is 13.4. The van der Waals surface area contributed by atoms with Crippen molar-refractivity contribution in [3.63, 3.8) is 0 Å². The summed E-state index contributed by atoms with van der Waals surface area (Å²) in [4.78, 5) is 25.4. The predicted octanol–water partition coefficient (Wildman–Crippen LogP) is 4.26. The van der Waals surface area contributed by atoms with E-state index >= 15 is 0 Å². The predicted molar refractivity (Wildman–Crippen MR) is 97.4 cm³/mol. The number of hydrogen-bond donors (Lipinski definition) is 0. The lowest BCUT2D eigenvalue weighted by atomic mass is 9.76. The van der Waals surface area contributed by atoms with E-state index in [9.17, 15) is 9.59 Å². The second-order valence-electron chi connectivity index (χ2n) is 7.88. The molecule has 5 heteroatoms. The summed E-state index contributed by atoms with van der Waals surface area (Å²) in [7, 11) is 1.49. The van der Waals surface area contributed by atoms with Crippen molar-refractivity contribution in [3.05, 3.63) is 0 Å². The van der Waals surface area contributed by atoms with Crippen molar-refractivity contribution in [1.29, 1.82) is 0 Å². The van der Waals surface area contributed by atoms with Crippen molar-refractivity contribution < 1.29 is 19.1 Å². The summed E-state index contributed by atoms with van der Waals surface area (Å²) in [5.74, 6) is 0.331. The quantitative estimate of drug-likeness (QED) is 0.389. The molecule has 24 heavy (non-hydrogen) atoms.